The van der Waals surface area contributed by atoms with Gasteiger partial charge in [0.05, 0.1) is 5.69 Å². The van der Waals surface area contributed by atoms with Crippen molar-refractivity contribution in [2.75, 3.05) is 25.4 Å². The number of aliphatic hydroxyl groups is 1. The normalized spacial score (nSPS) is 18.9. The van der Waals surface area contributed by atoms with Gasteiger partial charge < -0.3 is 15.7 Å². The van der Waals surface area contributed by atoms with Crippen molar-refractivity contribution in [3.8, 4) is 0 Å². The average molecular weight is 355 g/mol. The highest BCUT2D eigenvalue weighted by molar-refractivity contribution is 9.10. The number of nitrogens with zero attached hydrogens (tertiary/aromatic N) is 1. The number of rotatable bonds is 2. The molecular weight excluding hydrogens is 340 g/mol. The summed E-state index contributed by atoms with van der Waals surface area (Å²) in [5, 5.41) is 10.1. The molecule has 1 aromatic heterocycles. The van der Waals surface area contributed by atoms with Crippen LogP contribution in [0.4, 0.5) is 5.69 Å². The highest BCUT2D eigenvalue weighted by atomic mass is 79.9. The summed E-state index contributed by atoms with van der Waals surface area (Å²) in [6.07, 6.45) is 0.858. The van der Waals surface area contributed by atoms with Gasteiger partial charge >= 0.3 is 0 Å². The van der Waals surface area contributed by atoms with E-state index in [0.717, 1.165) is 21.0 Å². The van der Waals surface area contributed by atoms with Crippen LogP contribution in [0.1, 0.15) is 16.1 Å². The first kappa shape index (κ1) is 13.9. The lowest BCUT2D eigenvalue weighted by atomic mass is 10.1. The van der Waals surface area contributed by atoms with Crippen molar-refractivity contribution in [3.63, 3.8) is 0 Å². The van der Waals surface area contributed by atoms with E-state index in [-0.39, 0.29) is 18.4 Å². The van der Waals surface area contributed by atoms with Gasteiger partial charge in [-0.05, 0) is 18.6 Å². The summed E-state index contributed by atoms with van der Waals surface area (Å²) >= 11 is 4.92. The number of aliphatic hydroxyl groups excluding tert-OH is 1. The number of anilines is 1. The number of halogens is 1. The minimum Gasteiger partial charge on any atom is -0.397 e. The minimum atomic E-state index is -0.0217. The second-order valence-corrected chi connectivity index (χ2v) is 6.95. The molecular formula is C14H15BrN2O2S. The van der Waals surface area contributed by atoms with Crippen LogP contribution in [0.3, 0.4) is 0 Å². The average Bonchev–Trinajstić information content (AvgIpc) is 3.04. The summed E-state index contributed by atoms with van der Waals surface area (Å²) in [7, 11) is 0. The smallest absolute Gasteiger partial charge is 0.266 e. The molecule has 1 atom stereocenters. The number of amides is 1. The Hall–Kier alpha value is -1.11. The third kappa shape index (κ3) is 2.21. The monoisotopic (exact) mass is 354 g/mol. The molecule has 4 nitrogen and oxygen atoms in total. The van der Waals surface area contributed by atoms with Crippen LogP contribution >= 0.6 is 27.3 Å². The van der Waals surface area contributed by atoms with E-state index >= 15 is 0 Å². The molecule has 2 heterocycles. The van der Waals surface area contributed by atoms with E-state index in [2.05, 4.69) is 15.9 Å². The van der Waals surface area contributed by atoms with Crippen LogP contribution in [0, 0.1) is 5.92 Å². The highest BCUT2D eigenvalue weighted by Crippen LogP contribution is 2.39. The van der Waals surface area contributed by atoms with Gasteiger partial charge in [-0.1, -0.05) is 22.0 Å². The molecule has 0 saturated carbocycles. The van der Waals surface area contributed by atoms with Gasteiger partial charge in [0.1, 0.15) is 4.88 Å². The predicted molar refractivity (Wildman–Crippen MR) is 85.0 cm³/mol. The van der Waals surface area contributed by atoms with Crippen LogP contribution in [0.25, 0.3) is 10.1 Å². The van der Waals surface area contributed by atoms with Crippen LogP contribution in [0.2, 0.25) is 0 Å². The third-order valence-corrected chi connectivity index (χ3v) is 5.55. The molecule has 106 valence electrons. The fourth-order valence-corrected chi connectivity index (χ4v) is 4.43. The second kappa shape index (κ2) is 5.35. The first-order chi connectivity index (χ1) is 9.61. The fraction of sp³-hybridized carbons (Fsp3) is 0.357. The van der Waals surface area contributed by atoms with Crippen LogP contribution in [-0.2, 0) is 0 Å². The minimum absolute atomic E-state index is 0.0217. The number of nitrogen functional groups attached to an aromatic ring is 1. The van der Waals surface area contributed by atoms with Gasteiger partial charge in [-0.15, -0.1) is 11.3 Å². The molecule has 0 bridgehead atoms. The summed E-state index contributed by atoms with van der Waals surface area (Å²) in [5.74, 6) is 0.174. The zero-order valence-corrected chi connectivity index (χ0v) is 13.2. The Balaban J connectivity index is 1.96. The summed E-state index contributed by atoms with van der Waals surface area (Å²) in [6, 6.07) is 5.84. The maximum absolute atomic E-state index is 12.6. The van der Waals surface area contributed by atoms with E-state index in [1.54, 1.807) is 4.90 Å². The standard InChI is InChI=1S/C14H15BrN2O2S/c15-9-2-1-3-10-11(9)12(16)13(20-10)14(19)17-5-4-8(6-17)7-18/h1-3,8,18H,4-7,16H2. The molecule has 0 radical (unpaired) electrons. The van der Waals surface area contributed by atoms with Crippen LogP contribution in [0.15, 0.2) is 22.7 Å². The Morgan fingerprint density at radius 1 is 1.55 bits per heavy atom. The summed E-state index contributed by atoms with van der Waals surface area (Å²) in [5.41, 5.74) is 6.71. The molecule has 1 aliphatic heterocycles. The lowest BCUT2D eigenvalue weighted by molar-refractivity contribution is 0.0787. The van der Waals surface area contributed by atoms with E-state index in [1.165, 1.54) is 11.3 Å². The zero-order chi connectivity index (χ0) is 14.3. The number of benzene rings is 1. The van der Waals surface area contributed by atoms with Gasteiger partial charge in [-0.2, -0.15) is 0 Å². The predicted octanol–water partition coefficient (Wildman–Crippen LogP) is 2.70. The SMILES string of the molecule is Nc1c(C(=O)N2CCC(CO)C2)sc2cccc(Br)c12. The molecule has 2 aromatic rings. The van der Waals surface area contributed by atoms with E-state index in [4.69, 9.17) is 5.73 Å². The van der Waals surface area contributed by atoms with E-state index in [0.29, 0.717) is 23.7 Å². The Labute approximate surface area is 129 Å². The first-order valence-corrected chi connectivity index (χ1v) is 8.09. The van der Waals surface area contributed by atoms with Gasteiger partial charge in [0, 0.05) is 40.2 Å². The highest BCUT2D eigenvalue weighted by Gasteiger charge is 2.29. The van der Waals surface area contributed by atoms with Gasteiger partial charge in [0.25, 0.3) is 5.91 Å². The van der Waals surface area contributed by atoms with Crippen molar-refractivity contribution in [2.45, 2.75) is 6.42 Å². The molecule has 0 spiro atoms. The van der Waals surface area contributed by atoms with E-state index < -0.39 is 0 Å². The Morgan fingerprint density at radius 2 is 2.35 bits per heavy atom. The molecule has 0 aliphatic carbocycles. The number of nitrogens with two attached hydrogens (primary N) is 1. The second-order valence-electron chi connectivity index (χ2n) is 5.05. The van der Waals surface area contributed by atoms with Gasteiger partial charge in [-0.3, -0.25) is 4.79 Å². The van der Waals surface area contributed by atoms with Crippen molar-refractivity contribution < 1.29 is 9.90 Å². The van der Waals surface area contributed by atoms with Crippen LogP contribution in [0.5, 0.6) is 0 Å². The van der Waals surface area contributed by atoms with E-state index in [9.17, 15) is 9.90 Å². The number of carbonyl (C=O) groups is 1. The molecule has 1 aliphatic rings. The number of carbonyl (C=O) groups excluding carboxylic acids is 1. The summed E-state index contributed by atoms with van der Waals surface area (Å²) in [6.45, 7) is 1.44. The van der Waals surface area contributed by atoms with Gasteiger partial charge in [-0.25, -0.2) is 0 Å². The maximum Gasteiger partial charge on any atom is 0.266 e. The summed E-state index contributed by atoms with van der Waals surface area (Å²) in [4.78, 5) is 15.0. The van der Waals surface area contributed by atoms with Crippen molar-refractivity contribution in [2.24, 2.45) is 5.92 Å². The molecule has 6 heteroatoms. The Kier molecular flexibility index (Phi) is 3.70. The molecule has 3 N–H and O–H groups in total. The van der Waals surface area contributed by atoms with Crippen molar-refractivity contribution in [1.82, 2.24) is 4.90 Å². The number of fused-ring (bicyclic) bond motifs is 1. The number of likely N-dealkylation sites (tertiary alicyclic amines) is 1. The first-order valence-electron chi connectivity index (χ1n) is 6.48. The van der Waals surface area contributed by atoms with Crippen molar-refractivity contribution in [3.05, 3.63) is 27.5 Å². The maximum atomic E-state index is 12.6. The molecule has 1 amide bonds. The number of hydrogen-bond donors (Lipinski definition) is 2. The molecule has 1 fully saturated rings. The summed E-state index contributed by atoms with van der Waals surface area (Å²) < 4.78 is 1.93. The van der Waals surface area contributed by atoms with Crippen molar-refractivity contribution >= 4 is 48.9 Å². The quantitative estimate of drug-likeness (QED) is 0.871. The van der Waals surface area contributed by atoms with Gasteiger partial charge in [0.2, 0.25) is 0 Å². The third-order valence-electron chi connectivity index (χ3n) is 3.73. The molecule has 1 saturated heterocycles. The van der Waals surface area contributed by atoms with Crippen LogP contribution in [-0.4, -0.2) is 35.6 Å². The van der Waals surface area contributed by atoms with Crippen LogP contribution < -0.4 is 5.73 Å². The molecule has 3 rings (SSSR count). The Morgan fingerprint density at radius 3 is 3.00 bits per heavy atom. The Bertz CT molecular complexity index is 670. The number of hydrogen-bond acceptors (Lipinski definition) is 4. The molecule has 20 heavy (non-hydrogen) atoms. The lowest BCUT2D eigenvalue weighted by Gasteiger charge is -2.15. The fourth-order valence-electron chi connectivity index (χ4n) is 2.60. The van der Waals surface area contributed by atoms with Crippen molar-refractivity contribution in [1.29, 1.82) is 0 Å². The number of thiophene rings is 1. The largest absolute Gasteiger partial charge is 0.397 e. The molecule has 1 unspecified atom stereocenters. The van der Waals surface area contributed by atoms with Gasteiger partial charge in [0.15, 0.2) is 0 Å². The van der Waals surface area contributed by atoms with E-state index in [1.807, 2.05) is 18.2 Å². The zero-order valence-electron chi connectivity index (χ0n) is 10.8. The lowest BCUT2D eigenvalue weighted by Crippen LogP contribution is -2.29. The topological polar surface area (TPSA) is 66.6 Å². The molecule has 1 aromatic carbocycles.